The topological polar surface area (TPSA) is 9.23 Å². The molecule has 1 nitrogen and oxygen atoms in total. The zero-order chi connectivity index (χ0) is 5.11. The Hall–Kier alpha value is -0.460. The van der Waals surface area contributed by atoms with Gasteiger partial charge in [0, 0.05) is 6.42 Å². The molecule has 0 saturated carbocycles. The Morgan fingerprint density at radius 2 is 2.71 bits per heavy atom. The Kier molecular flexibility index (Phi) is 1.35. The molecule has 0 fully saturated rings. The summed E-state index contributed by atoms with van der Waals surface area (Å²) in [5.74, 6) is 0. The summed E-state index contributed by atoms with van der Waals surface area (Å²) in [5.41, 5.74) is 1.44. The monoisotopic (exact) mass is 98.1 g/mol. The lowest BCUT2D eigenvalue weighted by Gasteiger charge is -1.84. The average Bonchev–Trinajstić information content (AvgIpc) is 2.14. The molecule has 1 aliphatic heterocycles. The molecule has 0 bridgehead atoms. The molecule has 0 spiro atoms. The first-order chi connectivity index (χ1) is 3.43. The molecule has 0 aromatic heterocycles. The molecule has 0 radical (unpaired) electrons. The minimum Gasteiger partial charge on any atom is -0.501 e. The van der Waals surface area contributed by atoms with E-state index in [1.54, 1.807) is 0 Å². The summed E-state index contributed by atoms with van der Waals surface area (Å²) >= 11 is 0. The third-order valence-corrected chi connectivity index (χ3v) is 1.25. The first-order valence-electron chi connectivity index (χ1n) is 2.73. The zero-order valence-electron chi connectivity index (χ0n) is 4.61. The quantitative estimate of drug-likeness (QED) is 0.485. The first-order valence-corrected chi connectivity index (χ1v) is 2.73. The fraction of sp³-hybridized carbons (Fsp3) is 0.667. The minimum atomic E-state index is 0.906. The van der Waals surface area contributed by atoms with E-state index in [1.165, 1.54) is 5.57 Å². The van der Waals surface area contributed by atoms with Gasteiger partial charge in [0.15, 0.2) is 0 Å². The van der Waals surface area contributed by atoms with Gasteiger partial charge in [-0.3, -0.25) is 0 Å². The van der Waals surface area contributed by atoms with E-state index in [0.717, 1.165) is 19.4 Å². The van der Waals surface area contributed by atoms with E-state index >= 15 is 0 Å². The molecule has 0 aromatic rings. The molecule has 7 heavy (non-hydrogen) atoms. The van der Waals surface area contributed by atoms with Crippen LogP contribution in [0.25, 0.3) is 0 Å². The van der Waals surface area contributed by atoms with Crippen molar-refractivity contribution in [3.8, 4) is 0 Å². The molecule has 0 N–H and O–H groups in total. The van der Waals surface area contributed by atoms with Crippen LogP contribution < -0.4 is 0 Å². The Morgan fingerprint density at radius 3 is 3.00 bits per heavy atom. The summed E-state index contributed by atoms with van der Waals surface area (Å²) in [6.07, 6.45) is 4.18. The SMILES string of the molecule is CCC1=COCC1. The van der Waals surface area contributed by atoms with Gasteiger partial charge in [-0.1, -0.05) is 6.92 Å². The van der Waals surface area contributed by atoms with Crippen molar-refractivity contribution in [2.75, 3.05) is 6.61 Å². The van der Waals surface area contributed by atoms with E-state index in [1.807, 2.05) is 6.26 Å². The van der Waals surface area contributed by atoms with E-state index < -0.39 is 0 Å². The van der Waals surface area contributed by atoms with Crippen molar-refractivity contribution in [3.05, 3.63) is 11.8 Å². The van der Waals surface area contributed by atoms with Crippen LogP contribution in [0, 0.1) is 0 Å². The normalized spacial score (nSPS) is 18.7. The number of ether oxygens (including phenoxy) is 1. The predicted molar refractivity (Wildman–Crippen MR) is 28.9 cm³/mol. The van der Waals surface area contributed by atoms with Gasteiger partial charge in [0.25, 0.3) is 0 Å². The fourth-order valence-corrected chi connectivity index (χ4v) is 0.686. The third kappa shape index (κ3) is 0.952. The Morgan fingerprint density at radius 1 is 1.86 bits per heavy atom. The Labute approximate surface area is 44.0 Å². The highest BCUT2D eigenvalue weighted by molar-refractivity contribution is 5.00. The van der Waals surface area contributed by atoms with Gasteiger partial charge in [-0.2, -0.15) is 0 Å². The van der Waals surface area contributed by atoms with Gasteiger partial charge in [0.1, 0.15) is 0 Å². The lowest BCUT2D eigenvalue weighted by atomic mass is 10.2. The summed E-state index contributed by atoms with van der Waals surface area (Å²) in [6, 6.07) is 0. The second-order valence-corrected chi connectivity index (χ2v) is 1.75. The largest absolute Gasteiger partial charge is 0.501 e. The molecule has 0 unspecified atom stereocenters. The molecule has 0 amide bonds. The molecule has 1 aliphatic rings. The van der Waals surface area contributed by atoms with E-state index in [-0.39, 0.29) is 0 Å². The Bertz CT molecular complexity index is 84.2. The smallest absolute Gasteiger partial charge is 0.0911 e. The van der Waals surface area contributed by atoms with Gasteiger partial charge in [0.2, 0.25) is 0 Å². The maximum Gasteiger partial charge on any atom is 0.0911 e. The van der Waals surface area contributed by atoms with Crippen molar-refractivity contribution in [3.63, 3.8) is 0 Å². The van der Waals surface area contributed by atoms with Crippen LogP contribution in [0.1, 0.15) is 19.8 Å². The maximum absolute atomic E-state index is 4.99. The first kappa shape index (κ1) is 4.69. The van der Waals surface area contributed by atoms with E-state index in [2.05, 4.69) is 6.92 Å². The highest BCUT2D eigenvalue weighted by atomic mass is 16.5. The van der Waals surface area contributed by atoms with Gasteiger partial charge in [-0.15, -0.1) is 0 Å². The van der Waals surface area contributed by atoms with Crippen molar-refractivity contribution >= 4 is 0 Å². The molecule has 0 aliphatic carbocycles. The molecule has 1 heterocycles. The number of rotatable bonds is 1. The van der Waals surface area contributed by atoms with Crippen molar-refractivity contribution in [1.29, 1.82) is 0 Å². The molecular formula is C6H10O. The van der Waals surface area contributed by atoms with Crippen LogP contribution in [0.5, 0.6) is 0 Å². The lowest BCUT2D eigenvalue weighted by Crippen LogP contribution is -1.75. The molecule has 0 atom stereocenters. The van der Waals surface area contributed by atoms with Gasteiger partial charge < -0.3 is 4.74 Å². The van der Waals surface area contributed by atoms with Gasteiger partial charge in [-0.05, 0) is 12.0 Å². The van der Waals surface area contributed by atoms with Crippen LogP contribution in [0.3, 0.4) is 0 Å². The second-order valence-electron chi connectivity index (χ2n) is 1.75. The Balaban J connectivity index is 2.36. The standard InChI is InChI=1S/C6H10O/c1-2-6-3-4-7-5-6/h5H,2-4H2,1H3. The number of hydrogen-bond donors (Lipinski definition) is 0. The van der Waals surface area contributed by atoms with Crippen LogP contribution in [-0.2, 0) is 4.74 Å². The van der Waals surface area contributed by atoms with Crippen molar-refractivity contribution in [2.24, 2.45) is 0 Å². The highest BCUT2D eigenvalue weighted by Crippen LogP contribution is 2.12. The lowest BCUT2D eigenvalue weighted by molar-refractivity contribution is 0.281. The van der Waals surface area contributed by atoms with Crippen molar-refractivity contribution in [2.45, 2.75) is 19.8 Å². The van der Waals surface area contributed by atoms with Crippen molar-refractivity contribution in [1.82, 2.24) is 0 Å². The number of hydrogen-bond acceptors (Lipinski definition) is 1. The van der Waals surface area contributed by atoms with Crippen LogP contribution >= 0.6 is 0 Å². The molecule has 40 valence electrons. The summed E-state index contributed by atoms with van der Waals surface area (Å²) in [6.45, 7) is 3.06. The molecular weight excluding hydrogens is 88.1 g/mol. The van der Waals surface area contributed by atoms with Gasteiger partial charge in [-0.25, -0.2) is 0 Å². The third-order valence-electron chi connectivity index (χ3n) is 1.25. The summed E-state index contributed by atoms with van der Waals surface area (Å²) in [4.78, 5) is 0. The molecule has 0 saturated heterocycles. The maximum atomic E-state index is 4.99. The fourth-order valence-electron chi connectivity index (χ4n) is 0.686. The van der Waals surface area contributed by atoms with Crippen LogP contribution in [-0.4, -0.2) is 6.61 Å². The zero-order valence-corrected chi connectivity index (χ0v) is 4.61. The van der Waals surface area contributed by atoms with Crippen LogP contribution in [0.15, 0.2) is 11.8 Å². The predicted octanol–water partition coefficient (Wildman–Crippen LogP) is 1.70. The molecule has 1 heteroatoms. The second kappa shape index (κ2) is 2.01. The average molecular weight is 98.1 g/mol. The van der Waals surface area contributed by atoms with Crippen LogP contribution in [0.2, 0.25) is 0 Å². The highest BCUT2D eigenvalue weighted by Gasteiger charge is 1.99. The molecule has 1 rings (SSSR count). The van der Waals surface area contributed by atoms with E-state index in [0.29, 0.717) is 0 Å². The van der Waals surface area contributed by atoms with E-state index in [4.69, 9.17) is 4.74 Å². The molecule has 0 aromatic carbocycles. The van der Waals surface area contributed by atoms with Crippen LogP contribution in [0.4, 0.5) is 0 Å². The summed E-state index contributed by atoms with van der Waals surface area (Å²) < 4.78 is 4.99. The van der Waals surface area contributed by atoms with Gasteiger partial charge in [0.05, 0.1) is 12.9 Å². The minimum absolute atomic E-state index is 0.906. The summed E-state index contributed by atoms with van der Waals surface area (Å²) in [5, 5.41) is 0. The van der Waals surface area contributed by atoms with E-state index in [9.17, 15) is 0 Å². The van der Waals surface area contributed by atoms with Gasteiger partial charge >= 0.3 is 0 Å². The summed E-state index contributed by atoms with van der Waals surface area (Å²) in [7, 11) is 0. The van der Waals surface area contributed by atoms with Crippen molar-refractivity contribution < 1.29 is 4.74 Å².